The van der Waals surface area contributed by atoms with Crippen molar-refractivity contribution in [1.29, 1.82) is 0 Å². The number of imidazole rings is 1. The number of carbonyl (C=O) groups excluding carboxylic acids is 1. The van der Waals surface area contributed by atoms with Crippen LogP contribution in [0.25, 0.3) is 11.3 Å². The van der Waals surface area contributed by atoms with Crippen LogP contribution in [0.4, 0.5) is 10.2 Å². The highest BCUT2D eigenvalue weighted by molar-refractivity contribution is 6.04. The molecule has 0 spiro atoms. The molecule has 4 rings (SSSR count). The largest absolute Gasteiger partial charge is 0.314 e. The number of nitrogens with one attached hydrogen (secondary N) is 1. The molecule has 0 unspecified atom stereocenters. The van der Waals surface area contributed by atoms with Gasteiger partial charge in [-0.05, 0) is 25.0 Å². The van der Waals surface area contributed by atoms with Crippen molar-refractivity contribution >= 4 is 11.7 Å². The molecule has 1 N–H and O–H groups in total. The lowest BCUT2D eigenvalue weighted by Crippen LogP contribution is -2.20. The quantitative estimate of drug-likeness (QED) is 0.794. The molecule has 0 bridgehead atoms. The van der Waals surface area contributed by atoms with Gasteiger partial charge in [-0.2, -0.15) is 5.10 Å². The normalized spacial score (nSPS) is 13.5. The molecule has 0 aromatic carbocycles. The van der Waals surface area contributed by atoms with E-state index in [9.17, 15) is 9.18 Å². The van der Waals surface area contributed by atoms with Crippen LogP contribution < -0.4 is 5.32 Å². The van der Waals surface area contributed by atoms with E-state index in [1.807, 2.05) is 17.8 Å². The van der Waals surface area contributed by atoms with Gasteiger partial charge in [-0.15, -0.1) is 0 Å². The van der Waals surface area contributed by atoms with Crippen molar-refractivity contribution in [1.82, 2.24) is 24.3 Å². The van der Waals surface area contributed by atoms with Gasteiger partial charge in [-0.1, -0.05) is 0 Å². The number of fused-ring (bicyclic) bond motifs is 1. The summed E-state index contributed by atoms with van der Waals surface area (Å²) in [6, 6.07) is 2.67. The fourth-order valence-corrected chi connectivity index (χ4v) is 3.07. The Morgan fingerprint density at radius 1 is 1.36 bits per heavy atom. The minimum atomic E-state index is -0.652. The van der Waals surface area contributed by atoms with Crippen molar-refractivity contribution in [2.24, 2.45) is 7.05 Å². The van der Waals surface area contributed by atoms with Crippen LogP contribution in [0.3, 0.4) is 0 Å². The summed E-state index contributed by atoms with van der Waals surface area (Å²) >= 11 is 0. The van der Waals surface area contributed by atoms with E-state index in [1.165, 1.54) is 18.3 Å². The fraction of sp³-hybridized carbons (Fsp3) is 0.294. The van der Waals surface area contributed by atoms with Crippen LogP contribution in [0, 0.1) is 5.82 Å². The predicted octanol–water partition coefficient (Wildman–Crippen LogP) is 2.41. The van der Waals surface area contributed by atoms with Crippen molar-refractivity contribution in [3.05, 3.63) is 48.1 Å². The average Bonchev–Trinajstić information content (AvgIpc) is 3.19. The molecule has 25 heavy (non-hydrogen) atoms. The number of anilines is 1. The van der Waals surface area contributed by atoms with Crippen molar-refractivity contribution in [3.8, 4) is 11.3 Å². The van der Waals surface area contributed by atoms with Gasteiger partial charge in [-0.3, -0.25) is 9.48 Å². The van der Waals surface area contributed by atoms with E-state index >= 15 is 0 Å². The van der Waals surface area contributed by atoms with Crippen LogP contribution in [0.5, 0.6) is 0 Å². The summed E-state index contributed by atoms with van der Waals surface area (Å²) in [6.07, 6.45) is 7.85. The topological polar surface area (TPSA) is 77.6 Å². The van der Waals surface area contributed by atoms with Crippen LogP contribution in [0.15, 0.2) is 30.7 Å². The van der Waals surface area contributed by atoms with E-state index in [0.29, 0.717) is 11.5 Å². The molecule has 1 aliphatic heterocycles. The van der Waals surface area contributed by atoms with E-state index in [0.717, 1.165) is 37.2 Å². The van der Waals surface area contributed by atoms with Crippen molar-refractivity contribution in [2.75, 3.05) is 5.32 Å². The number of halogens is 1. The minimum Gasteiger partial charge on any atom is -0.314 e. The lowest BCUT2D eigenvalue weighted by atomic mass is 10.2. The number of carbonyl (C=O) groups is 1. The summed E-state index contributed by atoms with van der Waals surface area (Å²) in [4.78, 5) is 21.1. The first-order chi connectivity index (χ1) is 12.1. The Labute approximate surface area is 143 Å². The van der Waals surface area contributed by atoms with Crippen molar-refractivity contribution in [3.63, 3.8) is 0 Å². The average molecular weight is 340 g/mol. The standard InChI is InChI=1S/C17H17FN6O/c1-23-10-11(9-20-23)14-16(24-8-3-2-6-13(24)21-14)22-17(25)15-12(18)5-4-7-19-15/h4-5,7,9-10H,2-3,6,8H2,1H3,(H,22,25). The molecule has 8 heteroatoms. The molecular weight excluding hydrogens is 323 g/mol. The summed E-state index contributed by atoms with van der Waals surface area (Å²) in [5, 5.41) is 6.98. The van der Waals surface area contributed by atoms with Crippen LogP contribution >= 0.6 is 0 Å². The van der Waals surface area contributed by atoms with Gasteiger partial charge in [0.25, 0.3) is 5.91 Å². The fourth-order valence-electron chi connectivity index (χ4n) is 3.07. The molecule has 4 heterocycles. The van der Waals surface area contributed by atoms with E-state index in [-0.39, 0.29) is 5.69 Å². The monoisotopic (exact) mass is 340 g/mol. The number of hydrogen-bond acceptors (Lipinski definition) is 4. The van der Waals surface area contributed by atoms with E-state index in [2.05, 4.69) is 20.4 Å². The summed E-state index contributed by atoms with van der Waals surface area (Å²) in [6.45, 7) is 0.767. The third kappa shape index (κ3) is 2.79. The Kier molecular flexibility index (Phi) is 3.79. The molecule has 128 valence electrons. The molecule has 0 radical (unpaired) electrons. The SMILES string of the molecule is Cn1cc(-c2nc3n(c2NC(=O)c2ncccc2F)CCCC3)cn1. The number of nitrogens with zero attached hydrogens (tertiary/aromatic N) is 5. The van der Waals surface area contributed by atoms with Gasteiger partial charge in [0, 0.05) is 38.0 Å². The van der Waals surface area contributed by atoms with E-state index in [4.69, 9.17) is 0 Å². The molecule has 0 atom stereocenters. The molecule has 1 aliphatic rings. The van der Waals surface area contributed by atoms with Crippen LogP contribution in [-0.2, 0) is 20.0 Å². The second-order valence-corrected chi connectivity index (χ2v) is 6.02. The predicted molar refractivity (Wildman–Crippen MR) is 89.5 cm³/mol. The second-order valence-electron chi connectivity index (χ2n) is 6.02. The summed E-state index contributed by atoms with van der Waals surface area (Å²) in [5.41, 5.74) is 1.22. The first-order valence-corrected chi connectivity index (χ1v) is 8.14. The zero-order valence-corrected chi connectivity index (χ0v) is 13.7. The smallest absolute Gasteiger partial charge is 0.278 e. The van der Waals surface area contributed by atoms with E-state index < -0.39 is 11.7 Å². The maximum atomic E-state index is 13.9. The Hall–Kier alpha value is -3.03. The molecule has 1 amide bonds. The molecule has 0 saturated carbocycles. The lowest BCUT2D eigenvalue weighted by molar-refractivity contribution is 0.101. The second kappa shape index (κ2) is 6.12. The van der Waals surface area contributed by atoms with Gasteiger partial charge in [0.2, 0.25) is 0 Å². The van der Waals surface area contributed by atoms with Gasteiger partial charge in [0.1, 0.15) is 17.3 Å². The molecule has 7 nitrogen and oxygen atoms in total. The molecule has 0 fully saturated rings. The number of aromatic nitrogens is 5. The van der Waals surface area contributed by atoms with Crippen LogP contribution in [-0.4, -0.2) is 30.2 Å². The van der Waals surface area contributed by atoms with Gasteiger partial charge >= 0.3 is 0 Å². The zero-order valence-electron chi connectivity index (χ0n) is 13.7. The molecule has 0 saturated heterocycles. The lowest BCUT2D eigenvalue weighted by Gasteiger charge is -2.16. The zero-order chi connectivity index (χ0) is 17.4. The van der Waals surface area contributed by atoms with E-state index in [1.54, 1.807) is 10.9 Å². The number of aryl methyl sites for hydroxylation is 2. The Morgan fingerprint density at radius 2 is 2.24 bits per heavy atom. The highest BCUT2D eigenvalue weighted by atomic mass is 19.1. The summed E-state index contributed by atoms with van der Waals surface area (Å²) in [5.74, 6) is 0.248. The van der Waals surface area contributed by atoms with Gasteiger partial charge in [0.15, 0.2) is 11.5 Å². The van der Waals surface area contributed by atoms with Gasteiger partial charge < -0.3 is 9.88 Å². The highest BCUT2D eigenvalue weighted by Crippen LogP contribution is 2.31. The highest BCUT2D eigenvalue weighted by Gasteiger charge is 2.24. The van der Waals surface area contributed by atoms with Gasteiger partial charge in [-0.25, -0.2) is 14.4 Å². The maximum absolute atomic E-state index is 13.9. The molecule has 3 aromatic heterocycles. The number of amides is 1. The molecule has 3 aromatic rings. The maximum Gasteiger partial charge on any atom is 0.278 e. The summed E-state index contributed by atoms with van der Waals surface area (Å²) < 4.78 is 17.5. The Balaban J connectivity index is 1.76. The number of rotatable bonds is 3. The summed E-state index contributed by atoms with van der Waals surface area (Å²) in [7, 11) is 1.82. The number of hydrogen-bond donors (Lipinski definition) is 1. The molecule has 0 aliphatic carbocycles. The third-order valence-electron chi connectivity index (χ3n) is 4.26. The Bertz CT molecular complexity index is 945. The van der Waals surface area contributed by atoms with Crippen LogP contribution in [0.1, 0.15) is 29.2 Å². The number of pyridine rings is 1. The third-order valence-corrected chi connectivity index (χ3v) is 4.26. The first kappa shape index (κ1) is 15.5. The Morgan fingerprint density at radius 3 is 3.00 bits per heavy atom. The van der Waals surface area contributed by atoms with Crippen molar-refractivity contribution in [2.45, 2.75) is 25.8 Å². The molecular formula is C17H17FN6O. The van der Waals surface area contributed by atoms with Crippen molar-refractivity contribution < 1.29 is 9.18 Å². The van der Waals surface area contributed by atoms with Crippen LogP contribution in [0.2, 0.25) is 0 Å². The van der Waals surface area contributed by atoms with Gasteiger partial charge in [0.05, 0.1) is 6.20 Å². The first-order valence-electron chi connectivity index (χ1n) is 8.14. The minimum absolute atomic E-state index is 0.231.